The molecule has 98 valence electrons. The van der Waals surface area contributed by atoms with Crippen molar-refractivity contribution in [2.75, 3.05) is 5.75 Å². The fourth-order valence-electron chi connectivity index (χ4n) is 1.89. The van der Waals surface area contributed by atoms with Crippen molar-refractivity contribution in [3.63, 3.8) is 0 Å². The van der Waals surface area contributed by atoms with Crippen LogP contribution in [0.5, 0.6) is 0 Å². The van der Waals surface area contributed by atoms with Gasteiger partial charge in [-0.2, -0.15) is 4.99 Å². The minimum absolute atomic E-state index is 0.865. The lowest BCUT2D eigenvalue weighted by Gasteiger charge is -2.07. The molecule has 2 rings (SSSR count). The molecule has 1 nitrogen and oxygen atoms in total. The van der Waals surface area contributed by atoms with Crippen LogP contribution in [0, 0.1) is 0 Å². The van der Waals surface area contributed by atoms with Crippen LogP contribution < -0.4 is 0 Å². The quantitative estimate of drug-likeness (QED) is 0.274. The van der Waals surface area contributed by atoms with Gasteiger partial charge in [0.05, 0.1) is 10.8 Å². The highest BCUT2D eigenvalue weighted by Gasteiger charge is 2.06. The number of fused-ring (bicyclic) bond motifs is 1. The molecule has 0 N–H and O–H groups in total. The largest absolute Gasteiger partial charge is 0.194 e. The Balaban J connectivity index is 2.44. The summed E-state index contributed by atoms with van der Waals surface area (Å²) in [6.45, 7) is 2.21. The summed E-state index contributed by atoms with van der Waals surface area (Å²) in [6, 6.07) is 10.4. The Bertz CT molecular complexity index is 633. The summed E-state index contributed by atoms with van der Waals surface area (Å²) in [6.07, 6.45) is 2.48. The monoisotopic (exact) mass is 351 g/mol. The van der Waals surface area contributed by atoms with Gasteiger partial charge in [0.2, 0.25) is 0 Å². The molecule has 0 fully saturated rings. The summed E-state index contributed by atoms with van der Waals surface area (Å²) >= 11 is 10.2. The molecule has 0 atom stereocenters. The van der Waals surface area contributed by atoms with Gasteiger partial charge in [-0.1, -0.05) is 41.4 Å². The molecule has 0 aliphatic rings. The van der Waals surface area contributed by atoms with Gasteiger partial charge in [0.25, 0.3) is 0 Å². The molecular weight excluding hydrogens is 338 g/mol. The third-order valence-electron chi connectivity index (χ3n) is 2.81. The van der Waals surface area contributed by atoms with Crippen LogP contribution in [-0.4, -0.2) is 10.9 Å². The van der Waals surface area contributed by atoms with Gasteiger partial charge in [-0.25, -0.2) is 0 Å². The molecule has 2 aromatic carbocycles. The van der Waals surface area contributed by atoms with E-state index >= 15 is 0 Å². The molecule has 19 heavy (non-hydrogen) atoms. The molecule has 4 heteroatoms. The summed E-state index contributed by atoms with van der Waals surface area (Å²) in [4.78, 5) is 5.42. The third kappa shape index (κ3) is 3.67. The number of unbranched alkanes of at least 4 members (excludes halogenated alkanes) is 1. The van der Waals surface area contributed by atoms with Gasteiger partial charge < -0.3 is 0 Å². The SMILES string of the molecule is CCCCSc1cc(Br)c2c(N=C=S)cccc2c1. The number of rotatable bonds is 5. The zero-order valence-electron chi connectivity index (χ0n) is 10.6. The maximum atomic E-state index is 4.70. The van der Waals surface area contributed by atoms with Gasteiger partial charge >= 0.3 is 0 Å². The maximum Gasteiger partial charge on any atom is 0.0829 e. The second-order valence-electron chi connectivity index (χ2n) is 4.19. The normalized spacial score (nSPS) is 10.4. The summed E-state index contributed by atoms with van der Waals surface area (Å²) < 4.78 is 1.06. The minimum atomic E-state index is 0.865. The van der Waals surface area contributed by atoms with E-state index in [0.717, 1.165) is 21.3 Å². The molecule has 0 amide bonds. The van der Waals surface area contributed by atoms with Gasteiger partial charge in [-0.05, 0) is 48.0 Å². The Labute approximate surface area is 131 Å². The zero-order chi connectivity index (χ0) is 13.7. The highest BCUT2D eigenvalue weighted by Crippen LogP contribution is 2.36. The van der Waals surface area contributed by atoms with E-state index in [2.05, 4.69) is 51.2 Å². The second-order valence-corrected chi connectivity index (χ2v) is 6.39. The maximum absolute atomic E-state index is 4.70. The van der Waals surface area contributed by atoms with E-state index in [-0.39, 0.29) is 0 Å². The first kappa shape index (κ1) is 14.7. The summed E-state index contributed by atoms with van der Waals surface area (Å²) in [5.74, 6) is 1.16. The minimum Gasteiger partial charge on any atom is -0.194 e. The van der Waals surface area contributed by atoms with Crippen molar-refractivity contribution in [3.05, 3.63) is 34.8 Å². The molecule has 0 radical (unpaired) electrons. The van der Waals surface area contributed by atoms with E-state index in [4.69, 9.17) is 12.2 Å². The molecule has 0 heterocycles. The summed E-state index contributed by atoms with van der Waals surface area (Å²) in [5, 5.41) is 4.72. The van der Waals surface area contributed by atoms with E-state index < -0.39 is 0 Å². The smallest absolute Gasteiger partial charge is 0.0829 e. The number of nitrogens with zero attached hydrogens (tertiary/aromatic N) is 1. The fraction of sp³-hybridized carbons (Fsp3) is 0.267. The van der Waals surface area contributed by atoms with Gasteiger partial charge in [0.1, 0.15) is 0 Å². The van der Waals surface area contributed by atoms with E-state index in [1.54, 1.807) is 0 Å². The van der Waals surface area contributed by atoms with Crippen molar-refractivity contribution in [2.24, 2.45) is 4.99 Å². The Morgan fingerprint density at radius 1 is 1.37 bits per heavy atom. The lowest BCUT2D eigenvalue weighted by atomic mass is 10.1. The van der Waals surface area contributed by atoms with Crippen molar-refractivity contribution in [1.29, 1.82) is 0 Å². The Morgan fingerprint density at radius 3 is 2.95 bits per heavy atom. The lowest BCUT2D eigenvalue weighted by Crippen LogP contribution is -1.82. The topological polar surface area (TPSA) is 12.4 Å². The second kappa shape index (κ2) is 7.20. The van der Waals surface area contributed by atoms with Crippen LogP contribution in [0.1, 0.15) is 19.8 Å². The highest BCUT2D eigenvalue weighted by atomic mass is 79.9. The molecule has 0 saturated heterocycles. The molecule has 0 aliphatic heterocycles. The van der Waals surface area contributed by atoms with Crippen LogP contribution in [0.3, 0.4) is 0 Å². The average Bonchev–Trinajstić information content (AvgIpc) is 2.39. The third-order valence-corrected chi connectivity index (χ3v) is 4.59. The van der Waals surface area contributed by atoms with Crippen molar-refractivity contribution in [3.8, 4) is 0 Å². The van der Waals surface area contributed by atoms with E-state index in [1.165, 1.54) is 23.1 Å². The molecular formula is C15H14BrNS2. The number of benzene rings is 2. The van der Waals surface area contributed by atoms with Gasteiger partial charge in [0, 0.05) is 14.8 Å². The van der Waals surface area contributed by atoms with Gasteiger partial charge in [0.15, 0.2) is 0 Å². The van der Waals surface area contributed by atoms with E-state index in [9.17, 15) is 0 Å². The predicted octanol–water partition coefficient (Wildman–Crippen LogP) is 6.23. The van der Waals surface area contributed by atoms with Crippen LogP contribution in [0.15, 0.2) is 44.7 Å². The molecule has 0 unspecified atom stereocenters. The van der Waals surface area contributed by atoms with Crippen molar-refractivity contribution >= 4 is 61.5 Å². The first-order chi connectivity index (χ1) is 9.26. The Hall–Kier alpha value is -0.670. The van der Waals surface area contributed by atoms with Crippen molar-refractivity contribution in [1.82, 2.24) is 0 Å². The number of thioether (sulfide) groups is 1. The van der Waals surface area contributed by atoms with Crippen LogP contribution in [-0.2, 0) is 0 Å². The molecule has 0 aliphatic carbocycles. The molecule has 2 aromatic rings. The Morgan fingerprint density at radius 2 is 2.21 bits per heavy atom. The first-order valence-electron chi connectivity index (χ1n) is 6.19. The van der Waals surface area contributed by atoms with Crippen LogP contribution in [0.25, 0.3) is 10.8 Å². The van der Waals surface area contributed by atoms with E-state index in [0.29, 0.717) is 0 Å². The standard InChI is InChI=1S/C15H14BrNS2/c1-2-3-7-19-12-8-11-5-4-6-14(17-10-18)15(11)13(16)9-12/h4-6,8-9H,2-3,7H2,1H3. The lowest BCUT2D eigenvalue weighted by molar-refractivity contribution is 0.896. The number of hydrogen-bond acceptors (Lipinski definition) is 3. The molecule has 0 saturated carbocycles. The fourth-order valence-corrected chi connectivity index (χ4v) is 3.90. The molecule has 0 spiro atoms. The zero-order valence-corrected chi connectivity index (χ0v) is 13.9. The number of isothiocyanates is 1. The number of aliphatic imine (C=N–C) groups is 1. The molecule has 0 bridgehead atoms. The number of halogens is 1. The van der Waals surface area contributed by atoms with Crippen LogP contribution in [0.2, 0.25) is 0 Å². The van der Waals surface area contributed by atoms with Gasteiger partial charge in [-0.15, -0.1) is 11.8 Å². The first-order valence-corrected chi connectivity index (χ1v) is 8.38. The highest BCUT2D eigenvalue weighted by molar-refractivity contribution is 9.10. The van der Waals surface area contributed by atoms with Crippen molar-refractivity contribution < 1.29 is 0 Å². The molecule has 0 aromatic heterocycles. The average molecular weight is 352 g/mol. The van der Waals surface area contributed by atoms with Gasteiger partial charge in [-0.3, -0.25) is 0 Å². The van der Waals surface area contributed by atoms with Crippen molar-refractivity contribution in [2.45, 2.75) is 24.7 Å². The number of hydrogen-bond donors (Lipinski definition) is 0. The summed E-state index contributed by atoms with van der Waals surface area (Å²) in [5.41, 5.74) is 0.865. The predicted molar refractivity (Wildman–Crippen MR) is 92.0 cm³/mol. The van der Waals surface area contributed by atoms with Crippen LogP contribution in [0.4, 0.5) is 5.69 Å². The summed E-state index contributed by atoms with van der Waals surface area (Å²) in [7, 11) is 0. The Kier molecular flexibility index (Phi) is 5.59. The van der Waals surface area contributed by atoms with E-state index in [1.807, 2.05) is 23.9 Å². The number of thiocarbonyl (C=S) groups is 1. The van der Waals surface area contributed by atoms with Crippen LogP contribution >= 0.6 is 39.9 Å².